The Balaban J connectivity index is 1.74. The number of carbonyl (C=O) groups excluding carboxylic acids is 1. The van der Waals surface area contributed by atoms with Gasteiger partial charge in [-0.3, -0.25) is 4.79 Å². The fourth-order valence-electron chi connectivity index (χ4n) is 3.55. The first-order valence-electron chi connectivity index (χ1n) is 9.02. The van der Waals surface area contributed by atoms with E-state index >= 15 is 0 Å². The number of benzene rings is 3. The fourth-order valence-corrected chi connectivity index (χ4v) is 3.75. The number of anilines is 1. The minimum Gasteiger partial charge on any atom is -0.361 e. The van der Waals surface area contributed by atoms with Crippen molar-refractivity contribution in [3.05, 3.63) is 99.6 Å². The molecule has 1 unspecified atom stereocenters. The van der Waals surface area contributed by atoms with E-state index in [2.05, 4.69) is 31.3 Å². The molecule has 0 bridgehead atoms. The van der Waals surface area contributed by atoms with Crippen LogP contribution in [0.2, 0.25) is 5.02 Å². The van der Waals surface area contributed by atoms with Gasteiger partial charge >= 0.3 is 0 Å². The van der Waals surface area contributed by atoms with Crippen molar-refractivity contribution in [1.29, 1.82) is 0 Å². The predicted molar refractivity (Wildman–Crippen MR) is 110 cm³/mol. The normalized spacial score (nSPS) is 15.7. The summed E-state index contributed by atoms with van der Waals surface area (Å²) in [4.78, 5) is 15.0. The van der Waals surface area contributed by atoms with E-state index in [1.807, 2.05) is 59.5 Å². The van der Waals surface area contributed by atoms with Crippen LogP contribution in [0.25, 0.3) is 0 Å². The molecule has 4 rings (SSSR count). The quantitative estimate of drug-likeness (QED) is 0.631. The standard InChI is InChI=1S/C23H21ClN2O/c1-15-8-7-13-21(16(15)2)25-22-18-10-4-5-11-19(18)23(27)26(22)14-17-9-3-6-12-20(17)24/h3-13,22,25H,14H2,1-2H3. The molecule has 1 aliphatic rings. The van der Waals surface area contributed by atoms with Gasteiger partial charge in [0.25, 0.3) is 5.91 Å². The molecule has 0 aliphatic carbocycles. The van der Waals surface area contributed by atoms with Crippen molar-refractivity contribution in [1.82, 2.24) is 4.90 Å². The van der Waals surface area contributed by atoms with Crippen LogP contribution in [0.5, 0.6) is 0 Å². The number of hydrogen-bond donors (Lipinski definition) is 1. The van der Waals surface area contributed by atoms with Crippen molar-refractivity contribution >= 4 is 23.2 Å². The van der Waals surface area contributed by atoms with Crippen molar-refractivity contribution in [3.63, 3.8) is 0 Å². The number of carbonyl (C=O) groups is 1. The van der Waals surface area contributed by atoms with E-state index < -0.39 is 0 Å². The Morgan fingerprint density at radius 3 is 2.52 bits per heavy atom. The van der Waals surface area contributed by atoms with Gasteiger partial charge < -0.3 is 10.2 Å². The van der Waals surface area contributed by atoms with Crippen LogP contribution in [0.1, 0.15) is 38.8 Å². The first-order valence-corrected chi connectivity index (χ1v) is 9.40. The molecule has 1 heterocycles. The van der Waals surface area contributed by atoms with Gasteiger partial charge in [0, 0.05) is 28.4 Å². The maximum absolute atomic E-state index is 13.1. The lowest BCUT2D eigenvalue weighted by Crippen LogP contribution is -2.32. The highest BCUT2D eigenvalue weighted by Crippen LogP contribution is 2.37. The third-order valence-electron chi connectivity index (χ3n) is 5.25. The first kappa shape index (κ1) is 17.6. The van der Waals surface area contributed by atoms with E-state index in [0.717, 1.165) is 22.4 Å². The Bertz CT molecular complexity index is 1010. The number of amides is 1. The molecule has 0 fully saturated rings. The average molecular weight is 377 g/mol. The molecule has 27 heavy (non-hydrogen) atoms. The van der Waals surface area contributed by atoms with E-state index in [-0.39, 0.29) is 12.1 Å². The summed E-state index contributed by atoms with van der Waals surface area (Å²) in [7, 11) is 0. The predicted octanol–water partition coefficient (Wildman–Crippen LogP) is 5.72. The third kappa shape index (κ3) is 3.19. The second kappa shape index (κ2) is 7.09. The number of rotatable bonds is 4. The van der Waals surface area contributed by atoms with Crippen molar-refractivity contribution in [2.75, 3.05) is 5.32 Å². The minimum absolute atomic E-state index is 0.0216. The van der Waals surface area contributed by atoms with Gasteiger partial charge in [-0.15, -0.1) is 0 Å². The second-order valence-electron chi connectivity index (χ2n) is 6.91. The Kier molecular flexibility index (Phi) is 4.63. The van der Waals surface area contributed by atoms with Crippen LogP contribution >= 0.6 is 11.6 Å². The van der Waals surface area contributed by atoms with Gasteiger partial charge in [-0.05, 0) is 48.7 Å². The van der Waals surface area contributed by atoms with Crippen molar-refractivity contribution in [2.45, 2.75) is 26.6 Å². The largest absolute Gasteiger partial charge is 0.361 e. The van der Waals surface area contributed by atoms with Gasteiger partial charge in [-0.2, -0.15) is 0 Å². The smallest absolute Gasteiger partial charge is 0.256 e. The van der Waals surface area contributed by atoms with E-state index in [0.29, 0.717) is 11.6 Å². The summed E-state index contributed by atoms with van der Waals surface area (Å²) in [6.07, 6.45) is -0.231. The zero-order chi connectivity index (χ0) is 19.0. The zero-order valence-corrected chi connectivity index (χ0v) is 16.1. The number of nitrogens with one attached hydrogen (secondary N) is 1. The molecule has 1 atom stereocenters. The van der Waals surface area contributed by atoms with Crippen molar-refractivity contribution in [3.8, 4) is 0 Å². The topological polar surface area (TPSA) is 32.3 Å². The molecule has 1 amide bonds. The van der Waals surface area contributed by atoms with Crippen LogP contribution in [-0.2, 0) is 6.54 Å². The van der Waals surface area contributed by atoms with Gasteiger partial charge in [0.2, 0.25) is 0 Å². The van der Waals surface area contributed by atoms with Gasteiger partial charge in [-0.25, -0.2) is 0 Å². The summed E-state index contributed by atoms with van der Waals surface area (Å²) in [5, 5.41) is 4.26. The van der Waals surface area contributed by atoms with Gasteiger partial charge in [-0.1, -0.05) is 60.1 Å². The van der Waals surface area contributed by atoms with Gasteiger partial charge in [0.05, 0.1) is 0 Å². The molecular formula is C23H21ClN2O. The van der Waals surface area contributed by atoms with Gasteiger partial charge in [0.1, 0.15) is 6.17 Å². The monoisotopic (exact) mass is 376 g/mol. The Morgan fingerprint density at radius 2 is 1.70 bits per heavy atom. The van der Waals surface area contributed by atoms with E-state index in [9.17, 15) is 4.79 Å². The van der Waals surface area contributed by atoms with Crippen LogP contribution in [0.15, 0.2) is 66.7 Å². The molecule has 0 spiro atoms. The molecule has 0 radical (unpaired) electrons. The summed E-state index contributed by atoms with van der Waals surface area (Å²) in [5.41, 5.74) is 6.12. The molecule has 3 aromatic rings. The molecule has 1 aliphatic heterocycles. The van der Waals surface area contributed by atoms with Crippen LogP contribution in [0.4, 0.5) is 5.69 Å². The molecule has 0 saturated carbocycles. The van der Waals surface area contributed by atoms with Crippen LogP contribution < -0.4 is 5.32 Å². The molecule has 0 aromatic heterocycles. The van der Waals surface area contributed by atoms with Crippen molar-refractivity contribution in [2.24, 2.45) is 0 Å². The maximum atomic E-state index is 13.1. The Hall–Kier alpha value is -2.78. The zero-order valence-electron chi connectivity index (χ0n) is 15.4. The maximum Gasteiger partial charge on any atom is 0.256 e. The lowest BCUT2D eigenvalue weighted by atomic mass is 10.1. The lowest BCUT2D eigenvalue weighted by molar-refractivity contribution is 0.0729. The Morgan fingerprint density at radius 1 is 0.963 bits per heavy atom. The fraction of sp³-hybridized carbons (Fsp3) is 0.174. The lowest BCUT2D eigenvalue weighted by Gasteiger charge is -2.28. The van der Waals surface area contributed by atoms with E-state index in [1.165, 1.54) is 11.1 Å². The molecule has 3 aromatic carbocycles. The molecule has 1 N–H and O–H groups in total. The molecule has 4 heteroatoms. The van der Waals surface area contributed by atoms with E-state index in [1.54, 1.807) is 0 Å². The highest BCUT2D eigenvalue weighted by molar-refractivity contribution is 6.31. The highest BCUT2D eigenvalue weighted by Gasteiger charge is 2.36. The number of nitrogens with zero attached hydrogens (tertiary/aromatic N) is 1. The minimum atomic E-state index is -0.231. The molecule has 0 saturated heterocycles. The number of aryl methyl sites for hydroxylation is 1. The van der Waals surface area contributed by atoms with E-state index in [4.69, 9.17) is 11.6 Å². The summed E-state index contributed by atoms with van der Waals surface area (Å²) < 4.78 is 0. The third-order valence-corrected chi connectivity index (χ3v) is 5.62. The SMILES string of the molecule is Cc1cccc(NC2c3ccccc3C(=O)N2Cc2ccccc2Cl)c1C. The van der Waals surface area contributed by atoms with Crippen LogP contribution in [0, 0.1) is 13.8 Å². The second-order valence-corrected chi connectivity index (χ2v) is 7.31. The average Bonchev–Trinajstić information content (AvgIpc) is 2.93. The number of fused-ring (bicyclic) bond motifs is 1. The number of hydrogen-bond acceptors (Lipinski definition) is 2. The molecule has 3 nitrogen and oxygen atoms in total. The Labute approximate surface area is 164 Å². The molecule has 136 valence electrons. The molecular weight excluding hydrogens is 356 g/mol. The summed E-state index contributed by atoms with van der Waals surface area (Å²) in [6, 6.07) is 21.6. The van der Waals surface area contributed by atoms with Crippen LogP contribution in [0.3, 0.4) is 0 Å². The number of halogens is 1. The summed E-state index contributed by atoms with van der Waals surface area (Å²) in [5.74, 6) is 0.0216. The van der Waals surface area contributed by atoms with Crippen molar-refractivity contribution < 1.29 is 4.79 Å². The van der Waals surface area contributed by atoms with Gasteiger partial charge in [0.15, 0.2) is 0 Å². The highest BCUT2D eigenvalue weighted by atomic mass is 35.5. The first-order chi connectivity index (χ1) is 13.1. The summed E-state index contributed by atoms with van der Waals surface area (Å²) in [6.45, 7) is 4.64. The summed E-state index contributed by atoms with van der Waals surface area (Å²) >= 11 is 6.36. The van der Waals surface area contributed by atoms with Crippen LogP contribution in [-0.4, -0.2) is 10.8 Å².